The van der Waals surface area contributed by atoms with E-state index < -0.39 is 0 Å². The lowest BCUT2D eigenvalue weighted by molar-refractivity contribution is 0.313. The van der Waals surface area contributed by atoms with Crippen molar-refractivity contribution in [3.8, 4) is 11.5 Å². The smallest absolute Gasteiger partial charge is 0.185 e. The minimum absolute atomic E-state index is 0.426. The van der Waals surface area contributed by atoms with Crippen LogP contribution in [-0.4, -0.2) is 42.8 Å². The Bertz CT molecular complexity index is 508. The van der Waals surface area contributed by atoms with E-state index in [-0.39, 0.29) is 0 Å². The highest BCUT2D eigenvalue weighted by molar-refractivity contribution is 5.46. The minimum atomic E-state index is 0.426. The summed E-state index contributed by atoms with van der Waals surface area (Å²) in [6, 6.07) is 0.426. The van der Waals surface area contributed by atoms with Crippen LogP contribution >= 0.6 is 0 Å². The predicted molar refractivity (Wildman–Crippen MR) is 56.7 cm³/mol. The van der Waals surface area contributed by atoms with E-state index in [0.29, 0.717) is 6.04 Å². The van der Waals surface area contributed by atoms with E-state index in [2.05, 4.69) is 25.8 Å². The van der Waals surface area contributed by atoms with Crippen molar-refractivity contribution >= 4 is 0 Å². The summed E-state index contributed by atoms with van der Waals surface area (Å²) in [5.74, 6) is 1.63. The van der Waals surface area contributed by atoms with E-state index in [1.165, 1.54) is 0 Å². The van der Waals surface area contributed by atoms with Crippen molar-refractivity contribution in [3.63, 3.8) is 0 Å². The Morgan fingerprint density at radius 1 is 1.31 bits per heavy atom. The van der Waals surface area contributed by atoms with Gasteiger partial charge in [0.2, 0.25) is 0 Å². The van der Waals surface area contributed by atoms with Crippen LogP contribution in [0, 0.1) is 6.92 Å². The van der Waals surface area contributed by atoms with Gasteiger partial charge >= 0.3 is 0 Å². The molecule has 2 aromatic heterocycles. The highest BCUT2D eigenvalue weighted by atomic mass is 15.5. The number of hydrogen-bond donors (Lipinski definition) is 1. The third-order valence-corrected chi connectivity index (χ3v) is 2.97. The molecule has 1 fully saturated rings. The second kappa shape index (κ2) is 3.38. The van der Waals surface area contributed by atoms with Crippen molar-refractivity contribution in [3.05, 3.63) is 12.0 Å². The first-order valence-corrected chi connectivity index (χ1v) is 5.24. The van der Waals surface area contributed by atoms with E-state index >= 15 is 0 Å². The van der Waals surface area contributed by atoms with E-state index in [4.69, 9.17) is 0 Å². The maximum absolute atomic E-state index is 4.13. The molecule has 0 aliphatic carbocycles. The molecule has 0 unspecified atom stereocenters. The van der Waals surface area contributed by atoms with Gasteiger partial charge < -0.3 is 9.88 Å². The average Bonchev–Trinajstić information content (AvgIpc) is 2.74. The number of rotatable bonds is 2. The van der Waals surface area contributed by atoms with Crippen molar-refractivity contribution in [2.75, 3.05) is 13.1 Å². The Morgan fingerprint density at radius 3 is 2.69 bits per heavy atom. The van der Waals surface area contributed by atoms with Crippen molar-refractivity contribution in [2.45, 2.75) is 13.0 Å². The van der Waals surface area contributed by atoms with E-state index in [1.54, 1.807) is 0 Å². The third-order valence-electron chi connectivity index (χ3n) is 2.97. The van der Waals surface area contributed by atoms with E-state index in [1.807, 2.05) is 29.4 Å². The summed E-state index contributed by atoms with van der Waals surface area (Å²) >= 11 is 0. The molecule has 0 amide bonds. The summed E-state index contributed by atoms with van der Waals surface area (Å²) in [7, 11) is 1.93. The van der Waals surface area contributed by atoms with Crippen LogP contribution in [0.25, 0.3) is 11.5 Å². The molecule has 16 heavy (non-hydrogen) atoms. The molecule has 3 rings (SSSR count). The molecule has 1 saturated heterocycles. The maximum atomic E-state index is 4.13. The quantitative estimate of drug-likeness (QED) is 0.739. The van der Waals surface area contributed by atoms with Gasteiger partial charge in [-0.15, -0.1) is 15.3 Å². The lowest BCUT2D eigenvalue weighted by atomic mass is 10.2. The Balaban J connectivity index is 1.94. The molecule has 1 aliphatic rings. The summed E-state index contributed by atoms with van der Waals surface area (Å²) in [5, 5.41) is 19.5. The van der Waals surface area contributed by atoms with Gasteiger partial charge in [0.25, 0.3) is 0 Å². The standard InChI is InChI=1S/C9H13N7/c1-6-11-13-9(15(6)2)8-5-16(14-12-8)7-3-10-4-7/h5,7,10H,3-4H2,1-2H3. The molecule has 0 saturated carbocycles. The van der Waals surface area contributed by atoms with E-state index in [0.717, 1.165) is 30.4 Å². The monoisotopic (exact) mass is 219 g/mol. The fourth-order valence-corrected chi connectivity index (χ4v) is 1.65. The molecule has 0 radical (unpaired) electrons. The predicted octanol–water partition coefficient (Wildman–Crippen LogP) is -0.474. The first-order valence-electron chi connectivity index (χ1n) is 5.24. The van der Waals surface area contributed by atoms with Gasteiger partial charge in [0, 0.05) is 20.1 Å². The van der Waals surface area contributed by atoms with Crippen LogP contribution < -0.4 is 5.32 Å². The number of nitrogens with one attached hydrogen (secondary N) is 1. The van der Waals surface area contributed by atoms with Crippen LogP contribution in [-0.2, 0) is 7.05 Å². The van der Waals surface area contributed by atoms with Crippen molar-refractivity contribution < 1.29 is 0 Å². The van der Waals surface area contributed by atoms with Crippen LogP contribution in [0.4, 0.5) is 0 Å². The highest BCUT2D eigenvalue weighted by Gasteiger charge is 2.21. The minimum Gasteiger partial charge on any atom is -0.313 e. The van der Waals surface area contributed by atoms with Crippen LogP contribution in [0.5, 0.6) is 0 Å². The Morgan fingerprint density at radius 2 is 2.12 bits per heavy atom. The summed E-state index contributed by atoms with van der Waals surface area (Å²) in [6.45, 7) is 3.83. The van der Waals surface area contributed by atoms with Crippen LogP contribution in [0.15, 0.2) is 6.20 Å². The molecule has 0 atom stereocenters. The van der Waals surface area contributed by atoms with Crippen molar-refractivity contribution in [1.29, 1.82) is 0 Å². The molecule has 7 heteroatoms. The van der Waals surface area contributed by atoms with Crippen LogP contribution in [0.2, 0.25) is 0 Å². The fourth-order valence-electron chi connectivity index (χ4n) is 1.65. The molecule has 0 aromatic carbocycles. The van der Waals surface area contributed by atoms with Gasteiger partial charge in [-0.25, -0.2) is 4.68 Å². The fraction of sp³-hybridized carbons (Fsp3) is 0.556. The summed E-state index contributed by atoms with van der Waals surface area (Å²) in [5.41, 5.74) is 0.773. The van der Waals surface area contributed by atoms with Gasteiger partial charge in [0.05, 0.1) is 12.2 Å². The Hall–Kier alpha value is -1.76. The summed E-state index contributed by atoms with van der Waals surface area (Å²) in [4.78, 5) is 0. The van der Waals surface area contributed by atoms with Gasteiger partial charge in [0.1, 0.15) is 5.82 Å². The lowest BCUT2D eigenvalue weighted by Gasteiger charge is -2.26. The summed E-state index contributed by atoms with van der Waals surface area (Å²) < 4.78 is 3.79. The molecule has 0 bridgehead atoms. The third kappa shape index (κ3) is 1.32. The molecule has 3 heterocycles. The Kier molecular flexibility index (Phi) is 2.00. The number of hydrogen-bond acceptors (Lipinski definition) is 5. The van der Waals surface area contributed by atoms with Gasteiger partial charge in [-0.1, -0.05) is 5.21 Å². The van der Waals surface area contributed by atoms with Crippen LogP contribution in [0.3, 0.4) is 0 Å². The molecular formula is C9H13N7. The first kappa shape index (κ1) is 9.46. The average molecular weight is 219 g/mol. The number of aromatic nitrogens is 6. The zero-order chi connectivity index (χ0) is 11.1. The molecule has 7 nitrogen and oxygen atoms in total. The first-order chi connectivity index (χ1) is 7.75. The largest absolute Gasteiger partial charge is 0.313 e. The molecule has 1 aliphatic heterocycles. The number of nitrogens with zero attached hydrogens (tertiary/aromatic N) is 6. The van der Waals surface area contributed by atoms with Crippen molar-refractivity contribution in [2.24, 2.45) is 7.05 Å². The van der Waals surface area contributed by atoms with Crippen LogP contribution in [0.1, 0.15) is 11.9 Å². The zero-order valence-corrected chi connectivity index (χ0v) is 9.25. The second-order valence-electron chi connectivity index (χ2n) is 4.03. The topological polar surface area (TPSA) is 73.5 Å². The van der Waals surface area contributed by atoms with Gasteiger partial charge in [-0.3, -0.25) is 0 Å². The normalized spacial score (nSPS) is 16.4. The molecular weight excluding hydrogens is 206 g/mol. The van der Waals surface area contributed by atoms with Gasteiger partial charge in [0.15, 0.2) is 11.5 Å². The number of aryl methyl sites for hydroxylation is 1. The SMILES string of the molecule is Cc1nnc(-c2cn(C3CNC3)nn2)n1C. The maximum Gasteiger partial charge on any atom is 0.185 e. The Labute approximate surface area is 92.5 Å². The summed E-state index contributed by atoms with van der Waals surface area (Å²) in [6.07, 6.45) is 1.93. The molecule has 84 valence electrons. The molecule has 2 aromatic rings. The molecule has 1 N–H and O–H groups in total. The highest BCUT2D eigenvalue weighted by Crippen LogP contribution is 2.16. The van der Waals surface area contributed by atoms with Crippen molar-refractivity contribution in [1.82, 2.24) is 35.1 Å². The van der Waals surface area contributed by atoms with Gasteiger partial charge in [-0.05, 0) is 6.92 Å². The molecule has 0 spiro atoms. The van der Waals surface area contributed by atoms with Gasteiger partial charge in [-0.2, -0.15) is 0 Å². The second-order valence-corrected chi connectivity index (χ2v) is 4.03. The lowest BCUT2D eigenvalue weighted by Crippen LogP contribution is -2.43. The van der Waals surface area contributed by atoms with E-state index in [9.17, 15) is 0 Å². The zero-order valence-electron chi connectivity index (χ0n) is 9.25.